The lowest BCUT2D eigenvalue weighted by atomic mass is 10.2. The summed E-state index contributed by atoms with van der Waals surface area (Å²) in [6.07, 6.45) is 0. The largest absolute Gasteiger partial charge is 0.467 e. The van der Waals surface area contributed by atoms with Crippen molar-refractivity contribution in [1.82, 2.24) is 0 Å². The van der Waals surface area contributed by atoms with Gasteiger partial charge < -0.3 is 14.8 Å². The molecule has 0 aromatic heterocycles. The highest BCUT2D eigenvalue weighted by atomic mass is 28.3. The Kier molecular flexibility index (Phi) is 6.64. The van der Waals surface area contributed by atoms with Crippen LogP contribution in [0.3, 0.4) is 0 Å². The number of rotatable bonds is 9. The fraction of sp³-hybridized carbons (Fsp3) is 0.571. The first-order chi connectivity index (χ1) is 9.83. The van der Waals surface area contributed by atoms with E-state index in [1.54, 1.807) is 12.1 Å². The number of anilines is 1. The number of hydrogen-bond acceptors (Lipinski definition) is 5. The van der Waals surface area contributed by atoms with Crippen molar-refractivity contribution in [3.8, 4) is 5.75 Å². The zero-order valence-corrected chi connectivity index (χ0v) is 14.1. The molecule has 6 nitrogen and oxygen atoms in total. The second-order valence-corrected chi connectivity index (χ2v) is 11.6. The van der Waals surface area contributed by atoms with Gasteiger partial charge in [-0.2, -0.15) is 0 Å². The molecule has 0 aliphatic carbocycles. The highest BCUT2D eigenvalue weighted by molar-refractivity contribution is 6.76. The molecule has 0 radical (unpaired) electrons. The predicted octanol–water partition coefficient (Wildman–Crippen LogP) is 3.72. The third-order valence-corrected chi connectivity index (χ3v) is 4.54. The Labute approximate surface area is 126 Å². The standard InChI is InChI=1S/C14H24N2O4Si/c1-5-15-13-10-12(6-7-14(13)16(17)18)20-11-19-8-9-21(2,3)4/h6-7,10,15H,5,8-9,11H2,1-4H3. The summed E-state index contributed by atoms with van der Waals surface area (Å²) < 4.78 is 10.9. The van der Waals surface area contributed by atoms with Gasteiger partial charge in [0, 0.05) is 33.4 Å². The first kappa shape index (κ1) is 17.4. The number of nitro benzene ring substituents is 1. The van der Waals surface area contributed by atoms with Gasteiger partial charge in [-0.05, 0) is 19.0 Å². The number of nitrogens with zero attached hydrogens (tertiary/aromatic N) is 1. The van der Waals surface area contributed by atoms with Crippen molar-refractivity contribution in [2.75, 3.05) is 25.3 Å². The van der Waals surface area contributed by atoms with Crippen molar-refractivity contribution in [2.45, 2.75) is 32.6 Å². The molecule has 0 unspecified atom stereocenters. The third kappa shape index (κ3) is 6.59. The van der Waals surface area contributed by atoms with Gasteiger partial charge >= 0.3 is 0 Å². The second-order valence-electron chi connectivity index (χ2n) is 5.95. The normalized spacial score (nSPS) is 11.2. The minimum Gasteiger partial charge on any atom is -0.467 e. The lowest BCUT2D eigenvalue weighted by Crippen LogP contribution is -2.22. The number of benzene rings is 1. The highest BCUT2D eigenvalue weighted by Gasteiger charge is 2.14. The summed E-state index contributed by atoms with van der Waals surface area (Å²) in [5.74, 6) is 0.560. The van der Waals surface area contributed by atoms with Gasteiger partial charge in [-0.25, -0.2) is 0 Å². The van der Waals surface area contributed by atoms with Crippen LogP contribution in [0.15, 0.2) is 18.2 Å². The number of ether oxygens (including phenoxy) is 2. The molecular weight excluding hydrogens is 288 g/mol. The van der Waals surface area contributed by atoms with Crippen LogP contribution in [0, 0.1) is 10.1 Å². The SMILES string of the molecule is CCNc1cc(OCOCC[Si](C)(C)C)ccc1[N+](=O)[O-]. The van der Waals surface area contributed by atoms with Crippen LogP contribution in [-0.4, -0.2) is 32.9 Å². The van der Waals surface area contributed by atoms with Crippen LogP contribution >= 0.6 is 0 Å². The van der Waals surface area contributed by atoms with E-state index < -0.39 is 13.0 Å². The highest BCUT2D eigenvalue weighted by Crippen LogP contribution is 2.28. The van der Waals surface area contributed by atoms with Crippen molar-refractivity contribution in [3.05, 3.63) is 28.3 Å². The molecule has 0 heterocycles. The van der Waals surface area contributed by atoms with Crippen LogP contribution in [0.2, 0.25) is 25.7 Å². The Bertz CT molecular complexity index is 475. The summed E-state index contributed by atoms with van der Waals surface area (Å²) in [7, 11) is -1.09. The van der Waals surface area contributed by atoms with Crippen molar-refractivity contribution in [3.63, 3.8) is 0 Å². The summed E-state index contributed by atoms with van der Waals surface area (Å²) in [4.78, 5) is 10.5. The maximum Gasteiger partial charge on any atom is 0.292 e. The van der Waals surface area contributed by atoms with Crippen LogP contribution in [0.4, 0.5) is 11.4 Å². The van der Waals surface area contributed by atoms with Crippen molar-refractivity contribution in [2.24, 2.45) is 0 Å². The van der Waals surface area contributed by atoms with Crippen LogP contribution in [0.1, 0.15) is 6.92 Å². The quantitative estimate of drug-likeness (QED) is 0.247. The monoisotopic (exact) mass is 312 g/mol. The predicted molar refractivity (Wildman–Crippen MR) is 86.9 cm³/mol. The molecule has 7 heteroatoms. The molecule has 0 aliphatic rings. The van der Waals surface area contributed by atoms with Gasteiger partial charge in [-0.3, -0.25) is 10.1 Å². The molecule has 118 valence electrons. The molecule has 1 N–H and O–H groups in total. The van der Waals surface area contributed by atoms with Gasteiger partial charge in [0.2, 0.25) is 0 Å². The molecule has 0 atom stereocenters. The van der Waals surface area contributed by atoms with Crippen LogP contribution in [-0.2, 0) is 4.74 Å². The number of nitrogens with one attached hydrogen (secondary N) is 1. The average Bonchev–Trinajstić information content (AvgIpc) is 2.37. The maximum absolute atomic E-state index is 10.9. The maximum atomic E-state index is 10.9. The molecule has 1 aromatic rings. The minimum atomic E-state index is -1.09. The molecule has 0 fully saturated rings. The minimum absolute atomic E-state index is 0.0452. The Morgan fingerprint density at radius 2 is 2.05 bits per heavy atom. The fourth-order valence-corrected chi connectivity index (χ4v) is 2.40. The Morgan fingerprint density at radius 1 is 1.33 bits per heavy atom. The Balaban J connectivity index is 2.52. The van der Waals surface area contributed by atoms with E-state index in [9.17, 15) is 10.1 Å². The molecule has 1 aromatic carbocycles. The van der Waals surface area contributed by atoms with E-state index in [1.165, 1.54) is 6.07 Å². The van der Waals surface area contributed by atoms with Crippen LogP contribution in [0.25, 0.3) is 0 Å². The van der Waals surface area contributed by atoms with E-state index in [2.05, 4.69) is 25.0 Å². The van der Waals surface area contributed by atoms with Crippen LogP contribution < -0.4 is 10.1 Å². The molecule has 0 aliphatic heterocycles. The summed E-state index contributed by atoms with van der Waals surface area (Å²) in [6.45, 7) is 10.2. The second kappa shape index (κ2) is 7.99. The van der Waals surface area contributed by atoms with Crippen molar-refractivity contribution in [1.29, 1.82) is 0 Å². The number of nitro groups is 1. The van der Waals surface area contributed by atoms with Gasteiger partial charge in [-0.15, -0.1) is 0 Å². The molecule has 0 bridgehead atoms. The van der Waals surface area contributed by atoms with Crippen LogP contribution in [0.5, 0.6) is 5.75 Å². The smallest absolute Gasteiger partial charge is 0.292 e. The van der Waals surface area contributed by atoms with Gasteiger partial charge in [-0.1, -0.05) is 19.6 Å². The molecule has 21 heavy (non-hydrogen) atoms. The molecule has 0 saturated carbocycles. The lowest BCUT2D eigenvalue weighted by Gasteiger charge is -2.15. The first-order valence-electron chi connectivity index (χ1n) is 7.06. The summed E-state index contributed by atoms with van der Waals surface area (Å²) >= 11 is 0. The lowest BCUT2D eigenvalue weighted by molar-refractivity contribution is -0.384. The zero-order valence-electron chi connectivity index (χ0n) is 13.1. The van der Waals surface area contributed by atoms with Crippen molar-refractivity contribution < 1.29 is 14.4 Å². The Hall–Kier alpha value is -1.60. The van der Waals surface area contributed by atoms with E-state index in [-0.39, 0.29) is 12.5 Å². The molecule has 0 saturated heterocycles. The van der Waals surface area contributed by atoms with E-state index >= 15 is 0 Å². The van der Waals surface area contributed by atoms with Gasteiger partial charge in [0.15, 0.2) is 6.79 Å². The molecule has 1 rings (SSSR count). The van der Waals surface area contributed by atoms with E-state index in [0.717, 1.165) is 6.04 Å². The molecule has 0 spiro atoms. The summed E-state index contributed by atoms with van der Waals surface area (Å²) in [5.41, 5.74) is 0.506. The first-order valence-corrected chi connectivity index (χ1v) is 10.8. The van der Waals surface area contributed by atoms with Gasteiger partial charge in [0.25, 0.3) is 5.69 Å². The zero-order chi connectivity index (χ0) is 15.9. The average molecular weight is 312 g/mol. The van der Waals surface area contributed by atoms with Crippen molar-refractivity contribution >= 4 is 19.4 Å². The summed E-state index contributed by atoms with van der Waals surface area (Å²) in [5, 5.41) is 13.9. The molecule has 0 amide bonds. The topological polar surface area (TPSA) is 73.6 Å². The summed E-state index contributed by atoms with van der Waals surface area (Å²) in [6, 6.07) is 5.74. The third-order valence-electron chi connectivity index (χ3n) is 2.84. The van der Waals surface area contributed by atoms with Gasteiger partial charge in [0.1, 0.15) is 11.4 Å². The fourth-order valence-electron chi connectivity index (χ4n) is 1.64. The van der Waals surface area contributed by atoms with Gasteiger partial charge in [0.05, 0.1) is 4.92 Å². The van der Waals surface area contributed by atoms with E-state index in [1.807, 2.05) is 6.92 Å². The molecular formula is C14H24N2O4Si. The van der Waals surface area contributed by atoms with E-state index in [0.29, 0.717) is 24.6 Å². The van der Waals surface area contributed by atoms with E-state index in [4.69, 9.17) is 9.47 Å². The number of hydrogen-bond donors (Lipinski definition) is 1. The Morgan fingerprint density at radius 3 is 2.62 bits per heavy atom.